The number of amides is 1. The summed E-state index contributed by atoms with van der Waals surface area (Å²) in [5.74, 6) is 1.16. The van der Waals surface area contributed by atoms with Crippen LogP contribution in [0.3, 0.4) is 0 Å². The van der Waals surface area contributed by atoms with Gasteiger partial charge in [-0.3, -0.25) is 9.69 Å². The largest absolute Gasteiger partial charge is 0.491 e. The summed E-state index contributed by atoms with van der Waals surface area (Å²) in [5.41, 5.74) is 4.62. The van der Waals surface area contributed by atoms with Gasteiger partial charge in [-0.05, 0) is 68.7 Å². The van der Waals surface area contributed by atoms with Gasteiger partial charge in [-0.2, -0.15) is 5.10 Å². The Morgan fingerprint density at radius 2 is 1.85 bits per heavy atom. The van der Waals surface area contributed by atoms with Crippen LogP contribution in [0.1, 0.15) is 38.8 Å². The maximum Gasteiger partial charge on any atom is 0.266 e. The third-order valence-electron chi connectivity index (χ3n) is 5.28. The second kappa shape index (κ2) is 10.2. The van der Waals surface area contributed by atoms with Crippen molar-refractivity contribution in [1.29, 1.82) is 0 Å². The second-order valence-corrected chi connectivity index (χ2v) is 10.7. The number of ether oxygens (including phenoxy) is 1. The molecule has 0 spiro atoms. The topological polar surface area (TPSA) is 47.4 Å². The Morgan fingerprint density at radius 1 is 1.12 bits per heavy atom. The molecule has 1 aliphatic heterocycles. The van der Waals surface area contributed by atoms with Crippen molar-refractivity contribution >= 4 is 40.3 Å². The molecule has 0 bridgehead atoms. The van der Waals surface area contributed by atoms with Crippen LogP contribution in [0, 0.1) is 12.8 Å². The summed E-state index contributed by atoms with van der Waals surface area (Å²) in [6.45, 7) is 10.9. The van der Waals surface area contributed by atoms with Crippen LogP contribution in [-0.2, 0) is 4.79 Å². The van der Waals surface area contributed by atoms with Gasteiger partial charge in [-0.15, -0.1) is 0 Å². The van der Waals surface area contributed by atoms with E-state index >= 15 is 0 Å². The highest BCUT2D eigenvalue weighted by atomic mass is 32.2. The molecule has 34 heavy (non-hydrogen) atoms. The molecular weight excluding hydrogens is 462 g/mol. The zero-order valence-electron chi connectivity index (χ0n) is 20.1. The van der Waals surface area contributed by atoms with Crippen LogP contribution < -0.4 is 4.74 Å². The maximum absolute atomic E-state index is 13.1. The van der Waals surface area contributed by atoms with Gasteiger partial charge in [0.2, 0.25) is 0 Å². The first-order chi connectivity index (χ1) is 16.2. The van der Waals surface area contributed by atoms with Gasteiger partial charge in [0.1, 0.15) is 15.8 Å². The summed E-state index contributed by atoms with van der Waals surface area (Å²) in [4.78, 5) is 15.4. The van der Waals surface area contributed by atoms with E-state index in [1.54, 1.807) is 4.90 Å². The number of para-hydroxylation sites is 1. The van der Waals surface area contributed by atoms with E-state index in [1.165, 1.54) is 11.8 Å². The van der Waals surface area contributed by atoms with E-state index in [1.807, 2.05) is 80.2 Å². The Balaban J connectivity index is 1.78. The van der Waals surface area contributed by atoms with Crippen molar-refractivity contribution in [3.63, 3.8) is 0 Å². The van der Waals surface area contributed by atoms with Gasteiger partial charge in [0.25, 0.3) is 5.91 Å². The first-order valence-electron chi connectivity index (χ1n) is 11.4. The molecule has 1 saturated heterocycles. The van der Waals surface area contributed by atoms with E-state index in [4.69, 9.17) is 22.1 Å². The molecule has 0 radical (unpaired) electrons. The summed E-state index contributed by atoms with van der Waals surface area (Å²) >= 11 is 6.85. The summed E-state index contributed by atoms with van der Waals surface area (Å²) in [6, 6.07) is 16.0. The number of rotatable bonds is 7. The zero-order valence-corrected chi connectivity index (χ0v) is 21.7. The minimum atomic E-state index is -0.0426. The Morgan fingerprint density at radius 3 is 2.50 bits per heavy atom. The number of hydrogen-bond acceptors (Lipinski definition) is 5. The summed E-state index contributed by atoms with van der Waals surface area (Å²) in [5, 5.41) is 4.90. The van der Waals surface area contributed by atoms with Crippen molar-refractivity contribution in [2.75, 3.05) is 6.54 Å². The van der Waals surface area contributed by atoms with Gasteiger partial charge in [-0.25, -0.2) is 4.68 Å². The molecule has 7 heteroatoms. The molecule has 1 fully saturated rings. The normalized spacial score (nSPS) is 15.3. The van der Waals surface area contributed by atoms with Crippen molar-refractivity contribution in [3.8, 4) is 22.7 Å². The van der Waals surface area contributed by atoms with Gasteiger partial charge in [0.15, 0.2) is 0 Å². The Bertz CT molecular complexity index is 1250. The second-order valence-electron chi connectivity index (χ2n) is 9.05. The van der Waals surface area contributed by atoms with Gasteiger partial charge in [0, 0.05) is 23.9 Å². The fraction of sp³-hybridized carbons (Fsp3) is 0.296. The maximum atomic E-state index is 13.1. The van der Waals surface area contributed by atoms with Crippen molar-refractivity contribution in [2.45, 2.75) is 40.7 Å². The van der Waals surface area contributed by atoms with Crippen LogP contribution in [0.5, 0.6) is 5.75 Å². The minimum Gasteiger partial charge on any atom is -0.491 e. The van der Waals surface area contributed by atoms with Crippen LogP contribution in [0.15, 0.2) is 59.6 Å². The standard InChI is InChI=1S/C27H29N3O2S2/c1-17(2)15-29-26(31)24(34-27(29)33)14-21-16-30(22-9-7-6-8-10-22)28-25(21)20-11-12-23(19(5)13-20)32-18(3)4/h6-14,16-18H,15H2,1-5H3/b24-14-. The zero-order chi connectivity index (χ0) is 24.4. The van der Waals surface area contributed by atoms with Crippen molar-refractivity contribution in [1.82, 2.24) is 14.7 Å². The molecular formula is C27H29N3O2S2. The smallest absolute Gasteiger partial charge is 0.266 e. The van der Waals surface area contributed by atoms with E-state index in [0.29, 0.717) is 21.7 Å². The Hall–Kier alpha value is -2.90. The Kier molecular flexibility index (Phi) is 7.24. The van der Waals surface area contributed by atoms with E-state index in [9.17, 15) is 4.79 Å². The predicted octanol–water partition coefficient (Wildman–Crippen LogP) is 6.49. The lowest BCUT2D eigenvalue weighted by atomic mass is 10.0. The quantitative estimate of drug-likeness (QED) is 0.279. The predicted molar refractivity (Wildman–Crippen MR) is 144 cm³/mol. The van der Waals surface area contributed by atoms with Crippen molar-refractivity contribution in [3.05, 3.63) is 70.8 Å². The summed E-state index contributed by atoms with van der Waals surface area (Å²) < 4.78 is 8.37. The Labute approximate surface area is 210 Å². The lowest BCUT2D eigenvalue weighted by Crippen LogP contribution is -2.31. The van der Waals surface area contributed by atoms with Crippen LogP contribution >= 0.6 is 24.0 Å². The molecule has 0 N–H and O–H groups in total. The first-order valence-corrected chi connectivity index (χ1v) is 12.6. The number of aryl methyl sites for hydroxylation is 1. The average molecular weight is 492 g/mol. The molecule has 0 unspecified atom stereocenters. The highest BCUT2D eigenvalue weighted by Crippen LogP contribution is 2.36. The molecule has 1 amide bonds. The van der Waals surface area contributed by atoms with E-state index < -0.39 is 0 Å². The van der Waals surface area contributed by atoms with Gasteiger partial charge < -0.3 is 4.74 Å². The van der Waals surface area contributed by atoms with E-state index in [-0.39, 0.29) is 12.0 Å². The molecule has 0 atom stereocenters. The SMILES string of the molecule is Cc1cc(-c2nn(-c3ccccc3)cc2/C=C2\SC(=S)N(CC(C)C)C2=O)ccc1OC(C)C. The number of hydrogen-bond donors (Lipinski definition) is 0. The minimum absolute atomic E-state index is 0.0426. The summed E-state index contributed by atoms with van der Waals surface area (Å²) in [7, 11) is 0. The van der Waals surface area contributed by atoms with Gasteiger partial charge in [0.05, 0.1) is 16.7 Å². The first kappa shape index (κ1) is 24.2. The monoisotopic (exact) mass is 491 g/mol. The molecule has 4 rings (SSSR count). The molecule has 3 aromatic rings. The van der Waals surface area contributed by atoms with Crippen molar-refractivity contribution < 1.29 is 9.53 Å². The molecule has 2 heterocycles. The molecule has 176 valence electrons. The number of benzene rings is 2. The molecule has 0 aliphatic carbocycles. The van der Waals surface area contributed by atoms with Crippen molar-refractivity contribution in [2.24, 2.45) is 5.92 Å². The number of thioether (sulfide) groups is 1. The van der Waals surface area contributed by atoms with E-state index in [2.05, 4.69) is 19.9 Å². The number of thiocarbonyl (C=S) groups is 1. The van der Waals surface area contributed by atoms with Crippen LogP contribution in [0.4, 0.5) is 0 Å². The number of nitrogens with zero attached hydrogens (tertiary/aromatic N) is 3. The molecule has 1 aromatic heterocycles. The highest BCUT2D eigenvalue weighted by Gasteiger charge is 2.32. The van der Waals surface area contributed by atoms with Gasteiger partial charge in [-0.1, -0.05) is 56.0 Å². The van der Waals surface area contributed by atoms with E-state index in [0.717, 1.165) is 33.8 Å². The lowest BCUT2D eigenvalue weighted by Gasteiger charge is -2.16. The van der Waals surface area contributed by atoms with Gasteiger partial charge >= 0.3 is 0 Å². The number of aromatic nitrogens is 2. The number of carbonyl (C=O) groups excluding carboxylic acids is 1. The summed E-state index contributed by atoms with van der Waals surface area (Å²) in [6.07, 6.45) is 3.98. The lowest BCUT2D eigenvalue weighted by molar-refractivity contribution is -0.122. The van der Waals surface area contributed by atoms with Crippen LogP contribution in [0.2, 0.25) is 0 Å². The third kappa shape index (κ3) is 5.26. The molecule has 1 aliphatic rings. The molecule has 0 saturated carbocycles. The molecule has 2 aromatic carbocycles. The fourth-order valence-electron chi connectivity index (χ4n) is 3.78. The molecule has 5 nitrogen and oxygen atoms in total. The van der Waals surface area contributed by atoms with Crippen LogP contribution in [-0.4, -0.2) is 37.6 Å². The third-order valence-corrected chi connectivity index (χ3v) is 6.66. The fourth-order valence-corrected chi connectivity index (χ4v) is 5.04. The highest BCUT2D eigenvalue weighted by molar-refractivity contribution is 8.26. The average Bonchev–Trinajstić information content (AvgIpc) is 3.32. The van der Waals surface area contributed by atoms with Crippen LogP contribution in [0.25, 0.3) is 23.0 Å². The number of carbonyl (C=O) groups is 1.